The van der Waals surface area contributed by atoms with Crippen molar-refractivity contribution in [2.75, 3.05) is 0 Å². The van der Waals surface area contributed by atoms with Crippen LogP contribution in [0.3, 0.4) is 0 Å². The van der Waals surface area contributed by atoms with Crippen molar-refractivity contribution in [3.8, 4) is 28.1 Å². The van der Waals surface area contributed by atoms with Gasteiger partial charge in [-0.2, -0.15) is 0 Å². The summed E-state index contributed by atoms with van der Waals surface area (Å²) >= 11 is 0. The summed E-state index contributed by atoms with van der Waals surface area (Å²) < 4.78 is 0.450. The van der Waals surface area contributed by atoms with E-state index in [1.807, 2.05) is 30.3 Å². The molecule has 0 amide bonds. The highest BCUT2D eigenvalue weighted by molar-refractivity contribution is 5.99. The van der Waals surface area contributed by atoms with E-state index >= 15 is 0 Å². The summed E-state index contributed by atoms with van der Waals surface area (Å²) in [5, 5.41) is 21.4. The van der Waals surface area contributed by atoms with Gasteiger partial charge in [-0.1, -0.05) is 60.7 Å². The summed E-state index contributed by atoms with van der Waals surface area (Å²) in [6, 6.07) is 17.9. The van der Waals surface area contributed by atoms with E-state index < -0.39 is 5.56 Å². The van der Waals surface area contributed by atoms with Crippen LogP contribution in [0.25, 0.3) is 33.4 Å². The Morgan fingerprint density at radius 2 is 1.44 bits per heavy atom. The Morgan fingerprint density at radius 1 is 0.840 bits per heavy atom. The van der Waals surface area contributed by atoms with Gasteiger partial charge in [-0.3, -0.25) is 4.79 Å². The molecule has 122 valence electrons. The molecule has 4 rings (SSSR count). The first kappa shape index (κ1) is 14.9. The maximum absolute atomic E-state index is 12.5. The van der Waals surface area contributed by atoms with Crippen LogP contribution in [0.2, 0.25) is 0 Å². The number of rotatable bonds is 2. The van der Waals surface area contributed by atoms with Crippen molar-refractivity contribution in [2.24, 2.45) is 0 Å². The standard InChI is InChI=1S/C19H13N3O3/c23-17-14(12-7-3-1-4-8-12)19(24)22(25)18-15(17)16(20-11-21-18)13-9-5-2-6-10-13/h1-11,23,25H. The first-order chi connectivity index (χ1) is 12.2. The van der Waals surface area contributed by atoms with Gasteiger partial charge in [0.25, 0.3) is 5.56 Å². The predicted octanol–water partition coefficient (Wildman–Crippen LogP) is 3.07. The van der Waals surface area contributed by atoms with Crippen LogP contribution in [0.15, 0.2) is 71.8 Å². The molecule has 0 saturated carbocycles. The molecule has 0 aliphatic rings. The fraction of sp³-hybridized carbons (Fsp3) is 0. The van der Waals surface area contributed by atoms with E-state index in [1.54, 1.807) is 30.3 Å². The molecule has 2 aromatic heterocycles. The minimum absolute atomic E-state index is 0.00239. The van der Waals surface area contributed by atoms with E-state index in [2.05, 4.69) is 9.97 Å². The van der Waals surface area contributed by atoms with Crippen LogP contribution < -0.4 is 5.56 Å². The van der Waals surface area contributed by atoms with E-state index in [0.717, 1.165) is 5.56 Å². The Bertz CT molecular complexity index is 1120. The number of aromatic hydroxyl groups is 1. The van der Waals surface area contributed by atoms with Gasteiger partial charge < -0.3 is 10.3 Å². The van der Waals surface area contributed by atoms with Crippen LogP contribution in [0.4, 0.5) is 0 Å². The number of hydrogen-bond donors (Lipinski definition) is 2. The number of fused-ring (bicyclic) bond motifs is 1. The Labute approximate surface area is 142 Å². The zero-order chi connectivity index (χ0) is 17.4. The van der Waals surface area contributed by atoms with Crippen molar-refractivity contribution in [3.05, 3.63) is 77.3 Å². The quantitative estimate of drug-likeness (QED) is 0.551. The zero-order valence-corrected chi connectivity index (χ0v) is 13.0. The lowest BCUT2D eigenvalue weighted by atomic mass is 10.0. The number of hydrogen-bond acceptors (Lipinski definition) is 5. The van der Waals surface area contributed by atoms with Gasteiger partial charge in [0.2, 0.25) is 0 Å². The lowest BCUT2D eigenvalue weighted by molar-refractivity contribution is 0.186. The second-order valence-corrected chi connectivity index (χ2v) is 5.49. The van der Waals surface area contributed by atoms with Crippen molar-refractivity contribution in [1.82, 2.24) is 14.7 Å². The molecule has 0 saturated heterocycles. The Kier molecular flexibility index (Phi) is 3.43. The number of aromatic nitrogens is 3. The number of benzene rings is 2. The topological polar surface area (TPSA) is 88.2 Å². The molecule has 0 aliphatic carbocycles. The maximum atomic E-state index is 12.5. The summed E-state index contributed by atoms with van der Waals surface area (Å²) in [6.07, 6.45) is 1.25. The average molecular weight is 331 g/mol. The average Bonchev–Trinajstić information content (AvgIpc) is 2.67. The Hall–Kier alpha value is -3.67. The van der Waals surface area contributed by atoms with Crippen LogP contribution in [-0.4, -0.2) is 25.0 Å². The van der Waals surface area contributed by atoms with Gasteiger partial charge in [0, 0.05) is 5.56 Å². The van der Waals surface area contributed by atoms with E-state index in [0.29, 0.717) is 16.0 Å². The Balaban J connectivity index is 2.16. The molecule has 2 heterocycles. The van der Waals surface area contributed by atoms with Crippen molar-refractivity contribution in [2.45, 2.75) is 0 Å². The van der Waals surface area contributed by atoms with E-state index in [9.17, 15) is 15.1 Å². The van der Waals surface area contributed by atoms with Crippen LogP contribution >= 0.6 is 0 Å². The number of pyridine rings is 1. The molecule has 2 aromatic carbocycles. The molecule has 2 N–H and O–H groups in total. The van der Waals surface area contributed by atoms with Gasteiger partial charge in [-0.05, 0) is 5.56 Å². The van der Waals surface area contributed by atoms with E-state index in [-0.39, 0.29) is 22.3 Å². The van der Waals surface area contributed by atoms with Crippen LogP contribution in [0.5, 0.6) is 5.75 Å². The molecule has 4 aromatic rings. The highest BCUT2D eigenvalue weighted by Crippen LogP contribution is 2.36. The fourth-order valence-corrected chi connectivity index (χ4v) is 2.86. The molecule has 0 fully saturated rings. The Morgan fingerprint density at radius 3 is 2.08 bits per heavy atom. The maximum Gasteiger partial charge on any atom is 0.296 e. The third-order valence-corrected chi connectivity index (χ3v) is 4.02. The predicted molar refractivity (Wildman–Crippen MR) is 93.5 cm³/mol. The third kappa shape index (κ3) is 2.31. The van der Waals surface area contributed by atoms with Gasteiger partial charge in [0.1, 0.15) is 12.1 Å². The molecule has 0 atom stereocenters. The molecular weight excluding hydrogens is 318 g/mol. The van der Waals surface area contributed by atoms with Gasteiger partial charge in [0.15, 0.2) is 5.65 Å². The van der Waals surface area contributed by atoms with Crippen molar-refractivity contribution < 1.29 is 10.3 Å². The minimum Gasteiger partial charge on any atom is -0.506 e. The molecule has 6 heteroatoms. The van der Waals surface area contributed by atoms with E-state index in [4.69, 9.17) is 0 Å². The lowest BCUT2D eigenvalue weighted by Crippen LogP contribution is -2.21. The van der Waals surface area contributed by atoms with Crippen LogP contribution in [-0.2, 0) is 0 Å². The van der Waals surface area contributed by atoms with Gasteiger partial charge in [0.05, 0.1) is 16.6 Å². The van der Waals surface area contributed by atoms with Crippen molar-refractivity contribution in [1.29, 1.82) is 0 Å². The summed E-state index contributed by atoms with van der Waals surface area (Å²) in [7, 11) is 0. The smallest absolute Gasteiger partial charge is 0.296 e. The minimum atomic E-state index is -0.742. The van der Waals surface area contributed by atoms with Crippen molar-refractivity contribution in [3.63, 3.8) is 0 Å². The molecule has 0 unspecified atom stereocenters. The van der Waals surface area contributed by atoms with Crippen LogP contribution in [0.1, 0.15) is 0 Å². The molecule has 0 spiro atoms. The van der Waals surface area contributed by atoms with Gasteiger partial charge in [-0.15, -0.1) is 4.73 Å². The molecule has 0 aliphatic heterocycles. The summed E-state index contributed by atoms with van der Waals surface area (Å²) in [6.45, 7) is 0. The van der Waals surface area contributed by atoms with Gasteiger partial charge in [-0.25, -0.2) is 9.97 Å². The molecule has 0 radical (unpaired) electrons. The normalized spacial score (nSPS) is 10.9. The highest BCUT2D eigenvalue weighted by atomic mass is 16.5. The molecule has 6 nitrogen and oxygen atoms in total. The molecular formula is C19H13N3O3. The van der Waals surface area contributed by atoms with Crippen molar-refractivity contribution >= 4 is 11.0 Å². The first-order valence-electron chi connectivity index (χ1n) is 7.61. The highest BCUT2D eigenvalue weighted by Gasteiger charge is 2.22. The largest absolute Gasteiger partial charge is 0.506 e. The van der Waals surface area contributed by atoms with E-state index in [1.165, 1.54) is 6.33 Å². The fourth-order valence-electron chi connectivity index (χ4n) is 2.86. The molecule has 25 heavy (non-hydrogen) atoms. The first-order valence-corrected chi connectivity index (χ1v) is 7.61. The third-order valence-electron chi connectivity index (χ3n) is 4.02. The summed E-state index contributed by atoms with van der Waals surface area (Å²) in [5.74, 6) is -0.254. The second-order valence-electron chi connectivity index (χ2n) is 5.49. The lowest BCUT2D eigenvalue weighted by Gasteiger charge is -2.12. The SMILES string of the molecule is O=c1c(-c2ccccc2)c(O)c2c(-c3ccccc3)ncnc2n1O. The zero-order valence-electron chi connectivity index (χ0n) is 13.0. The van der Waals surface area contributed by atoms with Crippen LogP contribution in [0, 0.1) is 0 Å². The molecule has 0 bridgehead atoms. The summed E-state index contributed by atoms with van der Waals surface area (Å²) in [4.78, 5) is 20.8. The summed E-state index contributed by atoms with van der Waals surface area (Å²) in [5.41, 5.74) is 0.885. The number of nitrogens with zero attached hydrogens (tertiary/aromatic N) is 3. The van der Waals surface area contributed by atoms with Gasteiger partial charge >= 0.3 is 0 Å². The second kappa shape index (κ2) is 5.76. The monoisotopic (exact) mass is 331 g/mol.